The molecule has 1 N–H and O–H groups in total. The van der Waals surface area contributed by atoms with Crippen LogP contribution in [0.5, 0.6) is 0 Å². The minimum absolute atomic E-state index is 0.406. The lowest BCUT2D eigenvalue weighted by Gasteiger charge is -2.45. The van der Waals surface area contributed by atoms with E-state index >= 15 is 0 Å². The number of alkyl halides is 3. The summed E-state index contributed by atoms with van der Waals surface area (Å²) >= 11 is 0. The van der Waals surface area contributed by atoms with Crippen LogP contribution in [0.2, 0.25) is 0 Å². The maximum atomic E-state index is 13.0. The van der Waals surface area contributed by atoms with Gasteiger partial charge in [-0.1, -0.05) is 18.2 Å². The number of hydrogen-bond donors (Lipinski definition) is 1. The quantitative estimate of drug-likeness (QED) is 0.899. The Hall–Kier alpha value is -1.07. The average molecular weight is 333 g/mol. The molecule has 126 valence electrons. The number of benzene rings is 1. The first-order valence-electron chi connectivity index (χ1n) is 9.07. The summed E-state index contributed by atoms with van der Waals surface area (Å²) in [7, 11) is 0. The monoisotopic (exact) mass is 333 g/mol. The molecule has 5 heteroatoms. The van der Waals surface area contributed by atoms with E-state index in [-0.39, 0.29) is 0 Å². The van der Waals surface area contributed by atoms with E-state index in [2.05, 4.69) is 4.90 Å². The van der Waals surface area contributed by atoms with Gasteiger partial charge in [0.15, 0.2) is 0 Å². The summed E-state index contributed by atoms with van der Waals surface area (Å²) in [5.41, 5.74) is -0.622. The van der Waals surface area contributed by atoms with Crippen molar-refractivity contribution in [3.05, 3.63) is 35.4 Å². The van der Waals surface area contributed by atoms with E-state index in [1.807, 2.05) is 0 Å². The van der Waals surface area contributed by atoms with Crippen molar-refractivity contribution in [2.45, 2.75) is 30.9 Å². The van der Waals surface area contributed by atoms with Crippen LogP contribution < -0.4 is 0 Å². The van der Waals surface area contributed by atoms with E-state index in [9.17, 15) is 18.3 Å². The van der Waals surface area contributed by atoms with Crippen molar-refractivity contribution in [2.24, 2.45) is 47.3 Å². The van der Waals surface area contributed by atoms with Crippen molar-refractivity contribution < 1.29 is 18.3 Å². The van der Waals surface area contributed by atoms with Crippen LogP contribution in [0.15, 0.2) is 24.3 Å². The molecule has 0 aromatic heterocycles. The van der Waals surface area contributed by atoms with Gasteiger partial charge in [0, 0.05) is 24.4 Å². The predicted molar refractivity (Wildman–Crippen MR) is 78.3 cm³/mol. The van der Waals surface area contributed by atoms with Gasteiger partial charge in [0.1, 0.15) is 5.72 Å². The van der Waals surface area contributed by atoms with E-state index in [1.165, 1.54) is 18.6 Å². The van der Waals surface area contributed by atoms with Crippen molar-refractivity contribution in [1.82, 2.24) is 4.90 Å². The Bertz CT molecular complexity index is 793. The van der Waals surface area contributed by atoms with E-state index in [0.29, 0.717) is 47.7 Å². The molecule has 5 aliphatic carbocycles. The van der Waals surface area contributed by atoms with Crippen LogP contribution in [0.3, 0.4) is 0 Å². The van der Waals surface area contributed by atoms with Crippen LogP contribution in [0.4, 0.5) is 13.2 Å². The molecule has 10 atom stereocenters. The maximum Gasteiger partial charge on any atom is 0.416 e. The molecule has 2 nitrogen and oxygen atoms in total. The highest BCUT2D eigenvalue weighted by atomic mass is 19.4. The minimum atomic E-state index is -4.30. The molecule has 7 fully saturated rings. The Morgan fingerprint density at radius 3 is 2.71 bits per heavy atom. The summed E-state index contributed by atoms with van der Waals surface area (Å²) in [5, 5.41) is 11.6. The van der Waals surface area contributed by atoms with Crippen molar-refractivity contribution in [3.8, 4) is 0 Å². The minimum Gasteiger partial charge on any atom is -0.375 e. The summed E-state index contributed by atoms with van der Waals surface area (Å²) in [6.07, 6.45) is -2.99. The molecule has 8 rings (SSSR count). The molecule has 0 spiro atoms. The molecule has 5 saturated carbocycles. The average Bonchev–Trinajstić information content (AvgIpc) is 3.13. The lowest BCUT2D eigenvalue weighted by Crippen LogP contribution is -2.50. The van der Waals surface area contributed by atoms with Gasteiger partial charge in [0.25, 0.3) is 0 Å². The molecule has 0 amide bonds. The molecular formula is C19H18F3NO. The van der Waals surface area contributed by atoms with Crippen molar-refractivity contribution in [1.29, 1.82) is 0 Å². The van der Waals surface area contributed by atoms with Gasteiger partial charge in [-0.15, -0.1) is 0 Å². The third kappa shape index (κ3) is 1.05. The summed E-state index contributed by atoms with van der Waals surface area (Å²) in [4.78, 5) is 2.22. The van der Waals surface area contributed by atoms with Gasteiger partial charge in [0.2, 0.25) is 0 Å². The highest BCUT2D eigenvalue weighted by Crippen LogP contribution is 2.90. The molecule has 2 heterocycles. The number of halogens is 3. The second kappa shape index (κ2) is 3.43. The first-order chi connectivity index (χ1) is 11.4. The van der Waals surface area contributed by atoms with Gasteiger partial charge in [0.05, 0.1) is 5.56 Å². The molecule has 24 heavy (non-hydrogen) atoms. The smallest absolute Gasteiger partial charge is 0.375 e. The fraction of sp³-hybridized carbons (Fsp3) is 0.684. The van der Waals surface area contributed by atoms with Gasteiger partial charge in [-0.2, -0.15) is 13.2 Å². The third-order valence-corrected chi connectivity index (χ3v) is 8.82. The van der Waals surface area contributed by atoms with Gasteiger partial charge in [-0.3, -0.25) is 4.90 Å². The Labute approximate surface area is 137 Å². The highest BCUT2D eigenvalue weighted by molar-refractivity contribution is 5.41. The van der Waals surface area contributed by atoms with Crippen LogP contribution in [0.25, 0.3) is 0 Å². The van der Waals surface area contributed by atoms with E-state index in [0.717, 1.165) is 23.8 Å². The van der Waals surface area contributed by atoms with E-state index in [4.69, 9.17) is 0 Å². The molecular weight excluding hydrogens is 315 g/mol. The van der Waals surface area contributed by atoms with Crippen molar-refractivity contribution in [3.63, 3.8) is 0 Å². The molecule has 1 aromatic rings. The molecule has 0 radical (unpaired) electrons. The first-order valence-corrected chi connectivity index (χ1v) is 9.07. The van der Waals surface area contributed by atoms with E-state index < -0.39 is 17.5 Å². The van der Waals surface area contributed by atoms with Gasteiger partial charge >= 0.3 is 6.18 Å². The molecule has 4 bridgehead atoms. The van der Waals surface area contributed by atoms with Gasteiger partial charge in [-0.25, -0.2) is 0 Å². The zero-order valence-electron chi connectivity index (χ0n) is 12.9. The SMILES string of the molecule is OC12C3C4CC5C6C4C1C6C(C53)N2Cc1cccc(C(F)(F)F)c1. The third-order valence-electron chi connectivity index (χ3n) is 8.82. The van der Waals surface area contributed by atoms with Gasteiger partial charge < -0.3 is 5.11 Å². The van der Waals surface area contributed by atoms with E-state index in [1.54, 1.807) is 6.07 Å². The zero-order valence-corrected chi connectivity index (χ0v) is 12.9. The normalized spacial score (nSPS) is 57.6. The molecule has 7 aliphatic rings. The lowest BCUT2D eigenvalue weighted by atomic mass is 9.59. The topological polar surface area (TPSA) is 23.5 Å². The summed E-state index contributed by atoms with van der Waals surface area (Å²) in [6, 6.07) is 6.08. The standard InChI is InChI=1S/C19H18F3NO/c20-19(21,22)8-3-1-2-7(4-8)6-23-17-13-9-5-10-12-11(9)14(17)16(12)18(23,24)15(10)13/h1-4,9-17,24H,5-6H2. The van der Waals surface area contributed by atoms with Gasteiger partial charge in [-0.05, 0) is 53.6 Å². The Balaban J connectivity index is 1.29. The Morgan fingerprint density at radius 2 is 1.92 bits per heavy atom. The summed E-state index contributed by atoms with van der Waals surface area (Å²) in [6.45, 7) is 0.462. The second-order valence-electron chi connectivity index (χ2n) is 9.02. The fourth-order valence-corrected chi connectivity index (χ4v) is 8.81. The number of hydrogen-bond acceptors (Lipinski definition) is 2. The number of nitrogens with zero attached hydrogens (tertiary/aromatic N) is 1. The zero-order chi connectivity index (χ0) is 16.2. The summed E-state index contributed by atoms with van der Waals surface area (Å²) < 4.78 is 39.0. The van der Waals surface area contributed by atoms with Crippen LogP contribution in [-0.4, -0.2) is 21.8 Å². The van der Waals surface area contributed by atoms with Crippen LogP contribution >= 0.6 is 0 Å². The number of aliphatic hydroxyl groups is 1. The predicted octanol–water partition coefficient (Wildman–Crippen LogP) is 2.97. The molecule has 2 aliphatic heterocycles. The molecule has 10 unspecified atom stereocenters. The number of rotatable bonds is 2. The van der Waals surface area contributed by atoms with Crippen LogP contribution in [0.1, 0.15) is 17.5 Å². The van der Waals surface area contributed by atoms with Crippen LogP contribution in [0, 0.1) is 47.3 Å². The fourth-order valence-electron chi connectivity index (χ4n) is 8.81. The second-order valence-corrected chi connectivity index (χ2v) is 9.02. The maximum absolute atomic E-state index is 13.0. The summed E-state index contributed by atoms with van der Waals surface area (Å²) in [5.74, 6) is 5.12. The first kappa shape index (κ1) is 13.2. The Kier molecular flexibility index (Phi) is 1.88. The molecule has 2 saturated heterocycles. The lowest BCUT2D eigenvalue weighted by molar-refractivity contribution is -0.138. The Morgan fingerprint density at radius 1 is 1.08 bits per heavy atom. The highest BCUT2D eigenvalue weighted by Gasteiger charge is 2.93. The van der Waals surface area contributed by atoms with Crippen LogP contribution in [-0.2, 0) is 12.7 Å². The largest absolute Gasteiger partial charge is 0.416 e. The van der Waals surface area contributed by atoms with Crippen molar-refractivity contribution in [2.75, 3.05) is 0 Å². The molecule has 1 aromatic carbocycles. The van der Waals surface area contributed by atoms with Crippen molar-refractivity contribution >= 4 is 0 Å².